The van der Waals surface area contributed by atoms with E-state index in [-0.39, 0.29) is 11.7 Å². The van der Waals surface area contributed by atoms with Crippen molar-refractivity contribution in [1.82, 2.24) is 30.2 Å². The van der Waals surface area contributed by atoms with Gasteiger partial charge < -0.3 is 20.0 Å². The van der Waals surface area contributed by atoms with Crippen LogP contribution >= 0.6 is 0 Å². The van der Waals surface area contributed by atoms with Gasteiger partial charge in [0.1, 0.15) is 17.6 Å². The summed E-state index contributed by atoms with van der Waals surface area (Å²) >= 11 is 0. The number of aromatic nitrogens is 4. The Morgan fingerprint density at radius 3 is 2.61 bits per heavy atom. The minimum atomic E-state index is -0.359. The molecule has 2 aromatic carbocycles. The van der Waals surface area contributed by atoms with E-state index in [9.17, 15) is 4.79 Å². The van der Waals surface area contributed by atoms with Gasteiger partial charge in [-0.15, -0.1) is 0 Å². The number of imidazole rings is 1. The van der Waals surface area contributed by atoms with Crippen molar-refractivity contribution in [2.24, 2.45) is 0 Å². The first kappa shape index (κ1) is 22.4. The van der Waals surface area contributed by atoms with Crippen LogP contribution in [0.1, 0.15) is 24.3 Å². The molecule has 1 aliphatic rings. The second-order valence-corrected chi connectivity index (χ2v) is 9.09. The van der Waals surface area contributed by atoms with Gasteiger partial charge in [-0.05, 0) is 24.1 Å². The highest BCUT2D eigenvalue weighted by atomic mass is 16.4. The topological polar surface area (TPSA) is 112 Å². The SMILES string of the molecule is CC(Nc1ncnc2nc[nH]c12)c1oc(=O)c2ccccc2c1-c1ccc(CN2CCNCC2)cc1. The Labute approximate surface area is 207 Å². The lowest BCUT2D eigenvalue weighted by atomic mass is 9.95. The van der Waals surface area contributed by atoms with E-state index in [1.807, 2.05) is 31.2 Å². The Kier molecular flexibility index (Phi) is 5.92. The molecule has 5 aromatic rings. The Morgan fingerprint density at radius 1 is 1.03 bits per heavy atom. The maximum atomic E-state index is 12.9. The summed E-state index contributed by atoms with van der Waals surface area (Å²) in [5.41, 5.74) is 4.07. The molecule has 0 saturated carbocycles. The molecule has 9 nitrogen and oxygen atoms in total. The van der Waals surface area contributed by atoms with Crippen molar-refractivity contribution in [3.63, 3.8) is 0 Å². The summed E-state index contributed by atoms with van der Waals surface area (Å²) in [5, 5.41) is 8.21. The van der Waals surface area contributed by atoms with Gasteiger partial charge in [0.25, 0.3) is 0 Å². The number of hydrogen-bond donors (Lipinski definition) is 3. The largest absolute Gasteiger partial charge is 0.425 e. The number of fused-ring (bicyclic) bond motifs is 2. The number of hydrogen-bond acceptors (Lipinski definition) is 8. The van der Waals surface area contributed by atoms with Crippen LogP contribution in [0.25, 0.3) is 33.1 Å². The minimum Gasteiger partial charge on any atom is -0.425 e. The first-order chi connectivity index (χ1) is 17.7. The zero-order valence-electron chi connectivity index (χ0n) is 20.0. The average molecular weight is 482 g/mol. The van der Waals surface area contributed by atoms with Crippen LogP contribution in [0.15, 0.2) is 70.4 Å². The smallest absolute Gasteiger partial charge is 0.343 e. The van der Waals surface area contributed by atoms with Crippen LogP contribution < -0.4 is 16.3 Å². The number of nitrogens with zero attached hydrogens (tertiary/aromatic N) is 4. The van der Waals surface area contributed by atoms with Crippen molar-refractivity contribution < 1.29 is 4.42 Å². The Balaban J connectivity index is 1.40. The molecule has 0 spiro atoms. The van der Waals surface area contributed by atoms with Crippen molar-refractivity contribution in [2.75, 3.05) is 31.5 Å². The van der Waals surface area contributed by atoms with Crippen LogP contribution in [0, 0.1) is 0 Å². The monoisotopic (exact) mass is 481 g/mol. The van der Waals surface area contributed by atoms with Gasteiger partial charge in [0.05, 0.1) is 17.8 Å². The number of H-pyrrole nitrogens is 1. The van der Waals surface area contributed by atoms with Gasteiger partial charge in [-0.2, -0.15) is 0 Å². The molecule has 1 aliphatic heterocycles. The van der Waals surface area contributed by atoms with Crippen LogP contribution in [0.5, 0.6) is 0 Å². The molecule has 6 rings (SSSR count). The third-order valence-corrected chi connectivity index (χ3v) is 6.69. The lowest BCUT2D eigenvalue weighted by molar-refractivity contribution is 0.233. The Hall–Kier alpha value is -4.08. The van der Waals surface area contributed by atoms with E-state index >= 15 is 0 Å². The van der Waals surface area contributed by atoms with E-state index in [1.165, 1.54) is 11.9 Å². The highest BCUT2D eigenvalue weighted by molar-refractivity contribution is 5.97. The maximum Gasteiger partial charge on any atom is 0.343 e. The van der Waals surface area contributed by atoms with Gasteiger partial charge in [-0.3, -0.25) is 4.90 Å². The Morgan fingerprint density at radius 2 is 1.81 bits per heavy atom. The van der Waals surface area contributed by atoms with Gasteiger partial charge in [0.2, 0.25) is 0 Å². The highest BCUT2D eigenvalue weighted by Gasteiger charge is 2.22. The third-order valence-electron chi connectivity index (χ3n) is 6.69. The fourth-order valence-electron chi connectivity index (χ4n) is 4.87. The van der Waals surface area contributed by atoms with Crippen molar-refractivity contribution in [2.45, 2.75) is 19.5 Å². The van der Waals surface area contributed by atoms with Crippen LogP contribution in [-0.2, 0) is 6.54 Å². The molecule has 182 valence electrons. The van der Waals surface area contributed by atoms with Gasteiger partial charge >= 0.3 is 5.63 Å². The van der Waals surface area contributed by atoms with E-state index in [4.69, 9.17) is 4.42 Å². The summed E-state index contributed by atoms with van der Waals surface area (Å²) < 4.78 is 5.95. The fourth-order valence-corrected chi connectivity index (χ4v) is 4.87. The summed E-state index contributed by atoms with van der Waals surface area (Å²) in [7, 11) is 0. The van der Waals surface area contributed by atoms with Gasteiger partial charge in [0, 0.05) is 43.7 Å². The normalized spacial score (nSPS) is 15.4. The molecule has 0 amide bonds. The summed E-state index contributed by atoms with van der Waals surface area (Å²) in [5.74, 6) is 1.15. The maximum absolute atomic E-state index is 12.9. The molecule has 9 heteroatoms. The average Bonchev–Trinajstić information content (AvgIpc) is 3.40. The van der Waals surface area contributed by atoms with Crippen LogP contribution in [0.3, 0.4) is 0 Å². The molecule has 36 heavy (non-hydrogen) atoms. The minimum absolute atomic E-state index is 0.348. The molecule has 3 N–H and O–H groups in total. The second kappa shape index (κ2) is 9.52. The summed E-state index contributed by atoms with van der Waals surface area (Å²) in [4.78, 5) is 31.2. The van der Waals surface area contributed by atoms with Crippen LogP contribution in [0.4, 0.5) is 5.82 Å². The number of benzene rings is 2. The predicted molar refractivity (Wildman–Crippen MR) is 140 cm³/mol. The summed E-state index contributed by atoms with van der Waals surface area (Å²) in [6, 6.07) is 15.8. The second-order valence-electron chi connectivity index (χ2n) is 9.09. The van der Waals surface area contributed by atoms with E-state index in [2.05, 4.69) is 59.7 Å². The molecular formula is C27H27N7O2. The number of nitrogens with one attached hydrogen (secondary N) is 3. The molecular weight excluding hydrogens is 454 g/mol. The van der Waals surface area contributed by atoms with Gasteiger partial charge in [-0.1, -0.05) is 42.5 Å². The summed E-state index contributed by atoms with van der Waals surface area (Å²) in [6.07, 6.45) is 3.05. The standard InChI is InChI=1S/C27H27N7O2/c1-17(33-26-23-25(30-15-29-23)31-16-32-26)24-22(20-4-2-3-5-21(20)27(35)36-24)19-8-6-18(7-9-19)14-34-12-10-28-11-13-34/h2-9,15-17,28H,10-14H2,1H3,(H2,29,30,31,32,33). The molecule has 4 heterocycles. The first-order valence-electron chi connectivity index (χ1n) is 12.2. The molecule has 1 saturated heterocycles. The molecule has 0 bridgehead atoms. The third kappa shape index (κ3) is 4.23. The van der Waals surface area contributed by atoms with Crippen molar-refractivity contribution in [3.05, 3.63) is 82.9 Å². The number of anilines is 1. The quantitative estimate of drug-likeness (QED) is 0.337. The number of aromatic amines is 1. The van der Waals surface area contributed by atoms with E-state index < -0.39 is 0 Å². The number of rotatable bonds is 6. The highest BCUT2D eigenvalue weighted by Crippen LogP contribution is 2.35. The molecule has 3 aromatic heterocycles. The molecule has 1 unspecified atom stereocenters. The van der Waals surface area contributed by atoms with Crippen LogP contribution in [-0.4, -0.2) is 51.0 Å². The van der Waals surface area contributed by atoms with Crippen molar-refractivity contribution >= 4 is 27.8 Å². The fraction of sp³-hybridized carbons (Fsp3) is 0.259. The lowest BCUT2D eigenvalue weighted by Crippen LogP contribution is -2.42. The first-order valence-corrected chi connectivity index (χ1v) is 12.2. The molecule has 1 fully saturated rings. The van der Waals surface area contributed by atoms with Gasteiger partial charge in [-0.25, -0.2) is 19.7 Å². The van der Waals surface area contributed by atoms with Gasteiger partial charge in [0.15, 0.2) is 11.5 Å². The van der Waals surface area contributed by atoms with Crippen molar-refractivity contribution in [3.8, 4) is 11.1 Å². The predicted octanol–water partition coefficient (Wildman–Crippen LogP) is 3.70. The molecule has 0 aliphatic carbocycles. The van der Waals surface area contributed by atoms with E-state index in [1.54, 1.807) is 6.33 Å². The van der Waals surface area contributed by atoms with E-state index in [0.29, 0.717) is 28.1 Å². The zero-order valence-corrected chi connectivity index (χ0v) is 20.0. The van der Waals surface area contributed by atoms with E-state index in [0.717, 1.165) is 49.2 Å². The zero-order chi connectivity index (χ0) is 24.5. The Bertz CT molecular complexity index is 1570. The van der Waals surface area contributed by atoms with Crippen molar-refractivity contribution in [1.29, 1.82) is 0 Å². The number of piperazine rings is 1. The van der Waals surface area contributed by atoms with Crippen LogP contribution in [0.2, 0.25) is 0 Å². The molecule has 1 atom stereocenters. The lowest BCUT2D eigenvalue weighted by Gasteiger charge is -2.27. The molecule has 0 radical (unpaired) electrons. The summed E-state index contributed by atoms with van der Waals surface area (Å²) in [6.45, 7) is 7.04.